The molecule has 1 aromatic carbocycles. The van der Waals surface area contributed by atoms with E-state index in [-0.39, 0.29) is 28.6 Å². The van der Waals surface area contributed by atoms with Crippen molar-refractivity contribution in [1.82, 2.24) is 10.2 Å². The van der Waals surface area contributed by atoms with Crippen LogP contribution in [-0.4, -0.2) is 22.2 Å². The lowest BCUT2D eigenvalue weighted by molar-refractivity contribution is -0.138. The van der Waals surface area contributed by atoms with Crippen LogP contribution >= 0.6 is 38.9 Å². The lowest BCUT2D eigenvalue weighted by atomic mass is 10.2. The molecule has 5 nitrogen and oxygen atoms in total. The summed E-state index contributed by atoms with van der Waals surface area (Å²) in [5, 5.41) is 7.47. The minimum atomic E-state index is -4.60. The van der Waals surface area contributed by atoms with Gasteiger partial charge in [0, 0.05) is 4.47 Å². The summed E-state index contributed by atoms with van der Waals surface area (Å²) < 4.78 is 43.7. The van der Waals surface area contributed by atoms with Gasteiger partial charge in [0.2, 0.25) is 10.1 Å². The maximum absolute atomic E-state index is 12.5. The van der Waals surface area contributed by atoms with Crippen LogP contribution in [0.25, 0.3) is 0 Å². The third-order valence-corrected chi connectivity index (χ3v) is 4.40. The molecule has 0 unspecified atom stereocenters. The van der Waals surface area contributed by atoms with Gasteiger partial charge in [-0.2, -0.15) is 13.2 Å². The summed E-state index contributed by atoms with van der Waals surface area (Å²) in [4.78, 5) is 12.2. The fraction of sp³-hybridized carbons (Fsp3) is 0.308. The molecule has 0 aliphatic rings. The highest BCUT2D eigenvalue weighted by Gasteiger charge is 2.36. The van der Waals surface area contributed by atoms with E-state index in [0.29, 0.717) is 5.02 Å². The molecular formula is C13H10BrClF3N3O2S. The van der Waals surface area contributed by atoms with Gasteiger partial charge in [-0.05, 0) is 24.6 Å². The molecule has 1 N–H and O–H groups in total. The number of hydrogen-bond donors (Lipinski definition) is 1. The Hall–Kier alpha value is -1.39. The van der Waals surface area contributed by atoms with Crippen molar-refractivity contribution >= 4 is 49.9 Å². The zero-order valence-electron chi connectivity index (χ0n) is 12.0. The first-order valence-electron chi connectivity index (χ1n) is 6.54. The number of halogens is 5. The second-order valence-corrected chi connectivity index (χ2v) is 6.79. The zero-order chi connectivity index (χ0) is 17.9. The molecule has 0 aliphatic heterocycles. The van der Waals surface area contributed by atoms with Crippen LogP contribution in [0, 0.1) is 0 Å². The number of carbonyl (C=O) groups is 1. The number of ether oxygens (including phenoxy) is 1. The highest BCUT2D eigenvalue weighted by molar-refractivity contribution is 9.10. The van der Waals surface area contributed by atoms with Gasteiger partial charge in [0.15, 0.2) is 6.10 Å². The number of nitrogens with zero attached hydrogens (tertiary/aromatic N) is 2. The standard InChI is InChI=1S/C13H10BrClF3N3O2S/c1-2-8(23-9-4-3-6(14)5-7(9)15)10(22)19-12-21-20-11(24-12)13(16,17)18/h3-5,8H,2H2,1H3,(H,19,21,22)/t8-/m1/s1. The Balaban J connectivity index is 2.07. The first kappa shape index (κ1) is 18.9. The topological polar surface area (TPSA) is 64.1 Å². The molecule has 24 heavy (non-hydrogen) atoms. The van der Waals surface area contributed by atoms with Gasteiger partial charge < -0.3 is 4.74 Å². The van der Waals surface area contributed by atoms with E-state index >= 15 is 0 Å². The molecule has 2 aromatic rings. The van der Waals surface area contributed by atoms with Crippen molar-refractivity contribution < 1.29 is 22.7 Å². The van der Waals surface area contributed by atoms with Gasteiger partial charge in [-0.25, -0.2) is 0 Å². The summed E-state index contributed by atoms with van der Waals surface area (Å²) in [6, 6.07) is 4.86. The SMILES string of the molecule is CC[C@@H](Oc1ccc(Br)cc1Cl)C(=O)Nc1nnc(C(F)(F)F)s1. The molecule has 11 heteroatoms. The minimum Gasteiger partial charge on any atom is -0.479 e. The minimum absolute atomic E-state index is 0.240. The number of rotatable bonds is 5. The van der Waals surface area contributed by atoms with E-state index < -0.39 is 23.2 Å². The van der Waals surface area contributed by atoms with Gasteiger partial charge >= 0.3 is 6.18 Å². The monoisotopic (exact) mass is 443 g/mol. The maximum atomic E-state index is 12.5. The second kappa shape index (κ2) is 7.66. The van der Waals surface area contributed by atoms with Crippen LogP contribution in [0.2, 0.25) is 5.02 Å². The third-order valence-electron chi connectivity index (χ3n) is 2.72. The molecule has 0 saturated carbocycles. The van der Waals surface area contributed by atoms with Gasteiger partial charge in [0.25, 0.3) is 5.91 Å². The molecule has 0 radical (unpaired) electrons. The van der Waals surface area contributed by atoms with Crippen LogP contribution in [0.3, 0.4) is 0 Å². The van der Waals surface area contributed by atoms with E-state index in [1.54, 1.807) is 25.1 Å². The van der Waals surface area contributed by atoms with E-state index in [1.165, 1.54) is 0 Å². The highest BCUT2D eigenvalue weighted by Crippen LogP contribution is 2.33. The van der Waals surface area contributed by atoms with Gasteiger partial charge in [0.1, 0.15) is 5.75 Å². The van der Waals surface area contributed by atoms with Crippen LogP contribution in [0.4, 0.5) is 18.3 Å². The van der Waals surface area contributed by atoms with E-state index in [4.69, 9.17) is 16.3 Å². The van der Waals surface area contributed by atoms with Crippen molar-refractivity contribution in [1.29, 1.82) is 0 Å². The number of amides is 1. The quantitative estimate of drug-likeness (QED) is 0.722. The summed E-state index contributed by atoms with van der Waals surface area (Å²) in [5.74, 6) is -0.350. The van der Waals surface area contributed by atoms with Gasteiger partial charge in [-0.1, -0.05) is 45.8 Å². The number of carbonyl (C=O) groups excluding carboxylic acids is 1. The highest BCUT2D eigenvalue weighted by atomic mass is 79.9. The molecule has 1 heterocycles. The van der Waals surface area contributed by atoms with Crippen LogP contribution in [0.1, 0.15) is 18.4 Å². The molecule has 0 spiro atoms. The first-order valence-corrected chi connectivity index (χ1v) is 8.52. The van der Waals surface area contributed by atoms with E-state index in [0.717, 1.165) is 4.47 Å². The van der Waals surface area contributed by atoms with Crippen LogP contribution in [-0.2, 0) is 11.0 Å². The van der Waals surface area contributed by atoms with E-state index in [2.05, 4.69) is 31.4 Å². The van der Waals surface area contributed by atoms with Crippen LogP contribution in [0.15, 0.2) is 22.7 Å². The number of benzene rings is 1. The largest absolute Gasteiger partial charge is 0.479 e. The summed E-state index contributed by atoms with van der Waals surface area (Å²) in [7, 11) is 0. The molecule has 130 valence electrons. The molecule has 0 bridgehead atoms. The first-order chi connectivity index (χ1) is 11.2. The fourth-order valence-corrected chi connectivity index (χ4v) is 2.95. The van der Waals surface area contributed by atoms with Crippen molar-refractivity contribution in [3.05, 3.63) is 32.7 Å². The Morgan fingerprint density at radius 1 is 1.46 bits per heavy atom. The summed E-state index contributed by atoms with van der Waals surface area (Å²) >= 11 is 9.50. The van der Waals surface area contributed by atoms with Crippen molar-refractivity contribution in [2.24, 2.45) is 0 Å². The number of hydrogen-bond acceptors (Lipinski definition) is 5. The Kier molecular flexibility index (Phi) is 6.05. The van der Waals surface area contributed by atoms with Crippen molar-refractivity contribution in [3.8, 4) is 5.75 Å². The van der Waals surface area contributed by atoms with Crippen molar-refractivity contribution in [2.75, 3.05) is 5.32 Å². The van der Waals surface area contributed by atoms with Crippen LogP contribution in [0.5, 0.6) is 5.75 Å². The Bertz CT molecular complexity index is 741. The fourth-order valence-electron chi connectivity index (χ4n) is 1.62. The molecule has 2 rings (SSSR count). The van der Waals surface area contributed by atoms with Gasteiger partial charge in [-0.15, -0.1) is 10.2 Å². The predicted molar refractivity (Wildman–Crippen MR) is 87.4 cm³/mol. The molecule has 1 amide bonds. The van der Waals surface area contributed by atoms with Gasteiger partial charge in [0.05, 0.1) is 5.02 Å². The molecule has 1 aromatic heterocycles. The second-order valence-electron chi connectivity index (χ2n) is 4.49. The van der Waals surface area contributed by atoms with E-state index in [1.807, 2.05) is 0 Å². The number of aromatic nitrogens is 2. The molecule has 1 atom stereocenters. The number of nitrogens with one attached hydrogen (secondary N) is 1. The molecule has 0 saturated heterocycles. The van der Waals surface area contributed by atoms with E-state index in [9.17, 15) is 18.0 Å². The Morgan fingerprint density at radius 2 is 2.17 bits per heavy atom. The molecule has 0 aliphatic carbocycles. The normalized spacial score (nSPS) is 12.8. The molecule has 0 fully saturated rings. The zero-order valence-corrected chi connectivity index (χ0v) is 15.2. The third kappa shape index (κ3) is 4.81. The average Bonchev–Trinajstić information content (AvgIpc) is 2.95. The summed E-state index contributed by atoms with van der Waals surface area (Å²) in [5.41, 5.74) is 0. The van der Waals surface area contributed by atoms with Crippen LogP contribution < -0.4 is 10.1 Å². The lowest BCUT2D eigenvalue weighted by Crippen LogP contribution is -2.32. The number of anilines is 1. The van der Waals surface area contributed by atoms with Crippen molar-refractivity contribution in [3.63, 3.8) is 0 Å². The predicted octanol–water partition coefficient (Wildman–Crippen LogP) is 4.77. The van der Waals surface area contributed by atoms with Crippen molar-refractivity contribution in [2.45, 2.75) is 25.6 Å². The smallest absolute Gasteiger partial charge is 0.445 e. The Morgan fingerprint density at radius 3 is 2.71 bits per heavy atom. The van der Waals surface area contributed by atoms with Gasteiger partial charge in [-0.3, -0.25) is 10.1 Å². The number of alkyl halides is 3. The maximum Gasteiger partial charge on any atom is 0.445 e. The Labute approximate surface area is 152 Å². The lowest BCUT2D eigenvalue weighted by Gasteiger charge is -2.17. The summed E-state index contributed by atoms with van der Waals surface area (Å²) in [6.45, 7) is 1.69. The summed E-state index contributed by atoms with van der Waals surface area (Å²) in [6.07, 6.45) is -5.27. The molecular weight excluding hydrogens is 435 g/mol. The average molecular weight is 445 g/mol.